The summed E-state index contributed by atoms with van der Waals surface area (Å²) in [6.45, 7) is 2.04. The van der Waals surface area contributed by atoms with Crippen molar-refractivity contribution in [1.29, 1.82) is 0 Å². The summed E-state index contributed by atoms with van der Waals surface area (Å²) in [5.41, 5.74) is 4.22. The van der Waals surface area contributed by atoms with E-state index >= 15 is 0 Å². The lowest BCUT2D eigenvalue weighted by Crippen LogP contribution is -1.97. The smallest absolute Gasteiger partial charge is 0.143 e. The van der Waals surface area contributed by atoms with Crippen molar-refractivity contribution in [3.63, 3.8) is 0 Å². The van der Waals surface area contributed by atoms with E-state index in [1.165, 1.54) is 0 Å². The third kappa shape index (κ3) is 3.11. The van der Waals surface area contributed by atoms with Gasteiger partial charge in [-0.3, -0.25) is 0 Å². The van der Waals surface area contributed by atoms with Gasteiger partial charge in [-0.05, 0) is 42.3 Å². The Balaban J connectivity index is 1.82. The lowest BCUT2D eigenvalue weighted by Gasteiger charge is -2.11. The second-order valence-corrected chi connectivity index (χ2v) is 7.16. The summed E-state index contributed by atoms with van der Waals surface area (Å²) >= 11 is 7.76. The molecule has 0 aliphatic heterocycles. The van der Waals surface area contributed by atoms with E-state index in [-0.39, 0.29) is 0 Å². The molecule has 0 radical (unpaired) electrons. The first-order valence-electron chi connectivity index (χ1n) is 8.05. The molecular formula is C20H16ClN3OS. The minimum absolute atomic E-state index is 0.684. The van der Waals surface area contributed by atoms with Crippen LogP contribution in [0.15, 0.2) is 54.2 Å². The fraction of sp³-hybridized carbons (Fsp3) is 0.100. The molecule has 0 atom stereocenters. The molecule has 4 rings (SSSR count). The highest BCUT2D eigenvalue weighted by molar-refractivity contribution is 7.17. The first-order valence-corrected chi connectivity index (χ1v) is 9.31. The lowest BCUT2D eigenvalue weighted by atomic mass is 10.1. The van der Waals surface area contributed by atoms with Gasteiger partial charge in [-0.25, -0.2) is 9.97 Å². The van der Waals surface area contributed by atoms with Gasteiger partial charge < -0.3 is 10.1 Å². The predicted molar refractivity (Wildman–Crippen MR) is 109 cm³/mol. The highest BCUT2D eigenvalue weighted by Crippen LogP contribution is 2.38. The number of nitrogens with zero attached hydrogens (tertiary/aromatic N) is 2. The number of aryl methyl sites for hydroxylation is 1. The first-order chi connectivity index (χ1) is 12.7. The summed E-state index contributed by atoms with van der Waals surface area (Å²) in [5.74, 6) is 1.60. The van der Waals surface area contributed by atoms with Gasteiger partial charge >= 0.3 is 0 Å². The van der Waals surface area contributed by atoms with Crippen LogP contribution < -0.4 is 10.1 Å². The topological polar surface area (TPSA) is 47.0 Å². The molecule has 0 aliphatic carbocycles. The summed E-state index contributed by atoms with van der Waals surface area (Å²) in [4.78, 5) is 9.84. The number of anilines is 2. The minimum atomic E-state index is 0.684. The second kappa shape index (κ2) is 6.94. The molecule has 1 N–H and O–H groups in total. The van der Waals surface area contributed by atoms with Crippen LogP contribution >= 0.6 is 22.9 Å². The number of halogens is 1. The second-order valence-electron chi connectivity index (χ2n) is 5.86. The number of thiophene rings is 1. The van der Waals surface area contributed by atoms with E-state index in [0.29, 0.717) is 5.02 Å². The third-order valence-corrected chi connectivity index (χ3v) is 5.35. The van der Waals surface area contributed by atoms with Crippen molar-refractivity contribution >= 4 is 44.7 Å². The van der Waals surface area contributed by atoms with Crippen LogP contribution in [0.5, 0.6) is 5.75 Å². The molecule has 0 bridgehead atoms. The molecule has 0 amide bonds. The van der Waals surface area contributed by atoms with Crippen LogP contribution in [-0.2, 0) is 0 Å². The van der Waals surface area contributed by atoms with Crippen LogP contribution in [0.4, 0.5) is 11.5 Å². The number of benzene rings is 2. The summed E-state index contributed by atoms with van der Waals surface area (Å²) in [6.07, 6.45) is 1.58. The Morgan fingerprint density at radius 2 is 1.88 bits per heavy atom. The Labute approximate surface area is 160 Å². The normalized spacial score (nSPS) is 10.9. The molecule has 4 nitrogen and oxygen atoms in total. The predicted octanol–water partition coefficient (Wildman–Crippen LogP) is 6.07. The highest BCUT2D eigenvalue weighted by Gasteiger charge is 2.14. The Kier molecular flexibility index (Phi) is 4.49. The zero-order valence-electron chi connectivity index (χ0n) is 14.3. The van der Waals surface area contributed by atoms with Gasteiger partial charge in [0.2, 0.25) is 0 Å². The number of methoxy groups -OCH3 is 1. The number of hydrogen-bond acceptors (Lipinski definition) is 5. The van der Waals surface area contributed by atoms with E-state index in [0.717, 1.165) is 44.2 Å². The van der Waals surface area contributed by atoms with E-state index in [1.807, 2.05) is 49.4 Å². The largest absolute Gasteiger partial charge is 0.497 e. The molecule has 6 heteroatoms. The average molecular weight is 382 g/mol. The van der Waals surface area contributed by atoms with E-state index in [1.54, 1.807) is 24.8 Å². The van der Waals surface area contributed by atoms with E-state index < -0.39 is 0 Å². The SMILES string of the molecule is COc1ccc(-c2csc3ncnc(Nc4cc(Cl)ccc4C)c23)cc1. The van der Waals surface area contributed by atoms with Gasteiger partial charge in [-0.15, -0.1) is 11.3 Å². The van der Waals surface area contributed by atoms with Crippen LogP contribution in [0.1, 0.15) is 5.56 Å². The van der Waals surface area contributed by atoms with Crippen molar-refractivity contribution in [3.05, 3.63) is 64.8 Å². The van der Waals surface area contributed by atoms with Crippen molar-refractivity contribution in [2.24, 2.45) is 0 Å². The lowest BCUT2D eigenvalue weighted by molar-refractivity contribution is 0.415. The maximum Gasteiger partial charge on any atom is 0.143 e. The van der Waals surface area contributed by atoms with Gasteiger partial charge in [0.25, 0.3) is 0 Å². The fourth-order valence-corrected chi connectivity index (χ4v) is 3.90. The van der Waals surface area contributed by atoms with Gasteiger partial charge in [0, 0.05) is 21.7 Å². The maximum absolute atomic E-state index is 6.15. The molecule has 2 heterocycles. The van der Waals surface area contributed by atoms with Crippen LogP contribution in [0.2, 0.25) is 5.02 Å². The molecule has 2 aromatic heterocycles. The van der Waals surface area contributed by atoms with Crippen LogP contribution in [0.3, 0.4) is 0 Å². The molecule has 130 valence electrons. The number of hydrogen-bond donors (Lipinski definition) is 1. The molecule has 26 heavy (non-hydrogen) atoms. The van der Waals surface area contributed by atoms with Crippen molar-refractivity contribution in [3.8, 4) is 16.9 Å². The molecular weight excluding hydrogens is 366 g/mol. The van der Waals surface area contributed by atoms with Crippen LogP contribution in [0.25, 0.3) is 21.3 Å². The van der Waals surface area contributed by atoms with Crippen LogP contribution in [-0.4, -0.2) is 17.1 Å². The number of rotatable bonds is 4. The molecule has 0 aliphatic rings. The Morgan fingerprint density at radius 1 is 1.08 bits per heavy atom. The average Bonchev–Trinajstić information content (AvgIpc) is 3.10. The maximum atomic E-state index is 6.15. The Hall–Kier alpha value is -2.63. The molecule has 0 fully saturated rings. The van der Waals surface area contributed by atoms with Gasteiger partial charge in [0.1, 0.15) is 22.7 Å². The van der Waals surface area contributed by atoms with E-state index in [9.17, 15) is 0 Å². The van der Waals surface area contributed by atoms with Crippen molar-refractivity contribution in [1.82, 2.24) is 9.97 Å². The van der Waals surface area contributed by atoms with Gasteiger partial charge in [-0.2, -0.15) is 0 Å². The van der Waals surface area contributed by atoms with Crippen molar-refractivity contribution < 1.29 is 4.74 Å². The van der Waals surface area contributed by atoms with Crippen LogP contribution in [0, 0.1) is 6.92 Å². The summed E-state index contributed by atoms with van der Waals surface area (Å²) in [5, 5.41) is 7.22. The van der Waals surface area contributed by atoms with Gasteiger partial charge in [-0.1, -0.05) is 29.8 Å². The standard InChI is InChI=1S/C20H16ClN3OS/c1-12-3-6-14(21)9-17(12)24-19-18-16(10-26-20(18)23-11-22-19)13-4-7-15(25-2)8-5-13/h3-11H,1-2H3,(H,22,23,24). The molecule has 0 spiro atoms. The molecule has 4 aromatic rings. The summed E-state index contributed by atoms with van der Waals surface area (Å²) in [7, 11) is 1.66. The summed E-state index contributed by atoms with van der Waals surface area (Å²) in [6, 6.07) is 13.8. The monoisotopic (exact) mass is 381 g/mol. The Bertz CT molecular complexity index is 1080. The van der Waals surface area contributed by atoms with E-state index in [4.69, 9.17) is 16.3 Å². The van der Waals surface area contributed by atoms with E-state index in [2.05, 4.69) is 20.7 Å². The number of aromatic nitrogens is 2. The quantitative estimate of drug-likeness (QED) is 0.466. The fourth-order valence-electron chi connectivity index (χ4n) is 2.81. The molecule has 2 aromatic carbocycles. The van der Waals surface area contributed by atoms with Crippen molar-refractivity contribution in [2.75, 3.05) is 12.4 Å². The van der Waals surface area contributed by atoms with Crippen molar-refractivity contribution in [2.45, 2.75) is 6.92 Å². The first kappa shape index (κ1) is 16.8. The Morgan fingerprint density at radius 3 is 2.65 bits per heavy atom. The molecule has 0 saturated carbocycles. The summed E-state index contributed by atoms with van der Waals surface area (Å²) < 4.78 is 5.25. The number of fused-ring (bicyclic) bond motifs is 1. The zero-order valence-corrected chi connectivity index (χ0v) is 15.9. The molecule has 0 unspecified atom stereocenters. The number of ether oxygens (including phenoxy) is 1. The van der Waals surface area contributed by atoms with Gasteiger partial charge in [0.15, 0.2) is 0 Å². The zero-order chi connectivity index (χ0) is 18.1. The van der Waals surface area contributed by atoms with Gasteiger partial charge in [0.05, 0.1) is 12.5 Å². The number of nitrogens with one attached hydrogen (secondary N) is 1. The highest BCUT2D eigenvalue weighted by atomic mass is 35.5. The third-order valence-electron chi connectivity index (χ3n) is 4.22. The molecule has 0 saturated heterocycles. The minimum Gasteiger partial charge on any atom is -0.497 e.